The van der Waals surface area contributed by atoms with Gasteiger partial charge in [0.15, 0.2) is 0 Å². The number of nitrogens with zero attached hydrogens (tertiary/aromatic N) is 2. The van der Waals surface area contributed by atoms with Crippen LogP contribution in [0.1, 0.15) is 11.1 Å². The third-order valence-electron chi connectivity index (χ3n) is 3.59. The number of hydrogen-bond donors (Lipinski definition) is 0. The molecule has 0 fully saturated rings. The molecule has 0 atom stereocenters. The lowest BCUT2D eigenvalue weighted by atomic mass is 10.0. The van der Waals surface area contributed by atoms with E-state index in [9.17, 15) is 0 Å². The Hall–Kier alpha value is -2.55. The van der Waals surface area contributed by atoms with E-state index in [1.165, 1.54) is 5.69 Å². The van der Waals surface area contributed by atoms with Crippen LogP contribution in [0.5, 0.6) is 5.75 Å². The molecule has 0 aromatic heterocycles. The first-order chi connectivity index (χ1) is 10.2. The predicted molar refractivity (Wildman–Crippen MR) is 89.8 cm³/mol. The van der Waals surface area contributed by atoms with Gasteiger partial charge in [0, 0.05) is 37.1 Å². The lowest BCUT2D eigenvalue weighted by Gasteiger charge is -2.12. The first-order valence-electron chi connectivity index (χ1n) is 6.89. The summed E-state index contributed by atoms with van der Waals surface area (Å²) in [5, 5.41) is 0. The Morgan fingerprint density at radius 2 is 1.81 bits per heavy atom. The predicted octanol–water partition coefficient (Wildman–Crippen LogP) is 4.02. The summed E-state index contributed by atoms with van der Waals surface area (Å²) in [7, 11) is 5.76. The zero-order valence-corrected chi connectivity index (χ0v) is 12.5. The van der Waals surface area contributed by atoms with E-state index in [1.54, 1.807) is 7.11 Å². The van der Waals surface area contributed by atoms with Gasteiger partial charge in [0.25, 0.3) is 0 Å². The molecular weight excluding hydrogens is 260 g/mol. The summed E-state index contributed by atoms with van der Waals surface area (Å²) in [5.41, 5.74) is 5.58. The fourth-order valence-corrected chi connectivity index (χ4v) is 2.36. The van der Waals surface area contributed by atoms with Crippen LogP contribution in [0, 0.1) is 0 Å². The number of fused-ring (bicyclic) bond motifs is 1. The van der Waals surface area contributed by atoms with Crippen molar-refractivity contribution in [3.63, 3.8) is 0 Å². The van der Waals surface area contributed by atoms with Gasteiger partial charge in [0.1, 0.15) is 5.75 Å². The molecule has 2 aromatic rings. The van der Waals surface area contributed by atoms with Crippen molar-refractivity contribution in [2.24, 2.45) is 4.99 Å². The Morgan fingerprint density at radius 1 is 1.05 bits per heavy atom. The van der Waals surface area contributed by atoms with Crippen LogP contribution in [0.2, 0.25) is 0 Å². The second-order valence-electron chi connectivity index (χ2n) is 5.23. The number of anilines is 1. The largest absolute Gasteiger partial charge is 0.497 e. The molecule has 0 N–H and O–H groups in total. The topological polar surface area (TPSA) is 24.8 Å². The molecule has 0 saturated carbocycles. The van der Waals surface area contributed by atoms with Crippen molar-refractivity contribution in [1.82, 2.24) is 0 Å². The molecule has 0 bridgehead atoms. The summed E-state index contributed by atoms with van der Waals surface area (Å²) in [5.74, 6) is 0.855. The number of ether oxygens (including phenoxy) is 1. The van der Waals surface area contributed by atoms with Crippen LogP contribution in [-0.4, -0.2) is 27.4 Å². The standard InChI is InChI=1S/C18H18N2O/c1-20(2)15-6-4-13(5-7-15)10-14-12-19-18-9-8-16(21-3)11-17(14)18/h4-12H,1-3H3. The van der Waals surface area contributed by atoms with Crippen LogP contribution >= 0.6 is 0 Å². The Labute approximate surface area is 125 Å². The molecule has 2 aromatic carbocycles. The lowest BCUT2D eigenvalue weighted by Crippen LogP contribution is -2.07. The van der Waals surface area contributed by atoms with Crippen LogP contribution in [-0.2, 0) is 0 Å². The summed E-state index contributed by atoms with van der Waals surface area (Å²) >= 11 is 0. The van der Waals surface area contributed by atoms with Crippen molar-refractivity contribution in [3.05, 3.63) is 53.6 Å². The minimum atomic E-state index is 0.855. The molecule has 0 unspecified atom stereocenters. The molecule has 1 heterocycles. The molecule has 3 nitrogen and oxygen atoms in total. The van der Waals surface area contributed by atoms with Gasteiger partial charge in [-0.15, -0.1) is 0 Å². The molecule has 0 saturated heterocycles. The smallest absolute Gasteiger partial charge is 0.119 e. The van der Waals surface area contributed by atoms with Crippen molar-refractivity contribution in [2.45, 2.75) is 0 Å². The van der Waals surface area contributed by atoms with Gasteiger partial charge in [0.2, 0.25) is 0 Å². The summed E-state index contributed by atoms with van der Waals surface area (Å²) in [6, 6.07) is 14.4. The SMILES string of the molecule is COc1ccc2c(c1)C(=Cc1ccc(N(C)C)cc1)C=N2. The molecule has 1 aliphatic heterocycles. The van der Waals surface area contributed by atoms with E-state index < -0.39 is 0 Å². The number of benzene rings is 2. The van der Waals surface area contributed by atoms with Gasteiger partial charge in [-0.1, -0.05) is 12.1 Å². The van der Waals surface area contributed by atoms with Crippen molar-refractivity contribution < 1.29 is 4.74 Å². The van der Waals surface area contributed by atoms with Crippen LogP contribution in [0.3, 0.4) is 0 Å². The molecule has 3 heteroatoms. The molecule has 0 aliphatic carbocycles. The van der Waals surface area contributed by atoms with Gasteiger partial charge in [-0.25, -0.2) is 0 Å². The van der Waals surface area contributed by atoms with Crippen LogP contribution in [0.25, 0.3) is 11.6 Å². The van der Waals surface area contributed by atoms with Crippen LogP contribution < -0.4 is 9.64 Å². The normalized spacial score (nSPS) is 14.3. The number of allylic oxidation sites excluding steroid dienone is 1. The zero-order valence-electron chi connectivity index (χ0n) is 12.5. The van der Waals surface area contributed by atoms with Gasteiger partial charge in [0.05, 0.1) is 12.8 Å². The van der Waals surface area contributed by atoms with Crippen molar-refractivity contribution in [1.29, 1.82) is 0 Å². The monoisotopic (exact) mass is 278 g/mol. The van der Waals surface area contributed by atoms with E-state index in [2.05, 4.69) is 40.2 Å². The maximum Gasteiger partial charge on any atom is 0.119 e. The van der Waals surface area contributed by atoms with E-state index in [1.807, 2.05) is 38.5 Å². The average molecular weight is 278 g/mol. The Kier molecular flexibility index (Phi) is 3.48. The van der Waals surface area contributed by atoms with E-state index in [-0.39, 0.29) is 0 Å². The molecule has 106 valence electrons. The quantitative estimate of drug-likeness (QED) is 0.847. The maximum absolute atomic E-state index is 5.29. The first-order valence-corrected chi connectivity index (χ1v) is 6.89. The van der Waals surface area contributed by atoms with Crippen molar-refractivity contribution in [3.8, 4) is 5.75 Å². The highest BCUT2D eigenvalue weighted by Gasteiger charge is 2.13. The van der Waals surface area contributed by atoms with Gasteiger partial charge in [-0.2, -0.15) is 0 Å². The third kappa shape index (κ3) is 2.68. The molecule has 3 rings (SSSR count). The van der Waals surface area contributed by atoms with E-state index in [0.717, 1.165) is 28.1 Å². The minimum absolute atomic E-state index is 0.855. The zero-order chi connectivity index (χ0) is 14.8. The fourth-order valence-electron chi connectivity index (χ4n) is 2.36. The summed E-state index contributed by atoms with van der Waals surface area (Å²) in [6.07, 6.45) is 4.05. The second kappa shape index (κ2) is 5.44. The van der Waals surface area contributed by atoms with E-state index >= 15 is 0 Å². The highest BCUT2D eigenvalue weighted by Crippen LogP contribution is 2.35. The second-order valence-corrected chi connectivity index (χ2v) is 5.23. The van der Waals surface area contributed by atoms with Gasteiger partial charge < -0.3 is 9.64 Å². The van der Waals surface area contributed by atoms with Crippen molar-refractivity contribution >= 4 is 29.2 Å². The summed E-state index contributed by atoms with van der Waals surface area (Å²) in [4.78, 5) is 6.53. The maximum atomic E-state index is 5.29. The summed E-state index contributed by atoms with van der Waals surface area (Å²) in [6.45, 7) is 0. The number of aliphatic imine (C=N–C) groups is 1. The Morgan fingerprint density at radius 3 is 2.48 bits per heavy atom. The molecule has 0 amide bonds. The highest BCUT2D eigenvalue weighted by molar-refractivity contribution is 6.21. The first kappa shape index (κ1) is 13.4. The van der Waals surface area contributed by atoms with Gasteiger partial charge in [-0.3, -0.25) is 4.99 Å². The molecule has 0 radical (unpaired) electrons. The van der Waals surface area contributed by atoms with E-state index in [4.69, 9.17) is 4.74 Å². The molecule has 0 spiro atoms. The van der Waals surface area contributed by atoms with Crippen molar-refractivity contribution in [2.75, 3.05) is 26.1 Å². The highest BCUT2D eigenvalue weighted by atomic mass is 16.5. The average Bonchev–Trinajstić information content (AvgIpc) is 2.90. The van der Waals surface area contributed by atoms with Gasteiger partial charge in [-0.05, 0) is 42.0 Å². The molecular formula is C18H18N2O. The number of rotatable bonds is 3. The lowest BCUT2D eigenvalue weighted by molar-refractivity contribution is 0.415. The summed E-state index contributed by atoms with van der Waals surface area (Å²) < 4.78 is 5.29. The third-order valence-corrected chi connectivity index (χ3v) is 3.59. The molecule has 21 heavy (non-hydrogen) atoms. The van der Waals surface area contributed by atoms with Gasteiger partial charge >= 0.3 is 0 Å². The Bertz CT molecular complexity index is 712. The Balaban J connectivity index is 1.94. The van der Waals surface area contributed by atoms with Crippen LogP contribution in [0.4, 0.5) is 11.4 Å². The fraction of sp³-hybridized carbons (Fsp3) is 0.167. The number of hydrogen-bond acceptors (Lipinski definition) is 3. The number of methoxy groups -OCH3 is 1. The van der Waals surface area contributed by atoms with Crippen LogP contribution in [0.15, 0.2) is 47.5 Å². The van der Waals surface area contributed by atoms with E-state index in [0.29, 0.717) is 0 Å². The molecule has 1 aliphatic rings. The minimum Gasteiger partial charge on any atom is -0.497 e.